The second-order valence-corrected chi connectivity index (χ2v) is 6.30. The molecule has 1 fully saturated rings. The highest BCUT2D eigenvalue weighted by molar-refractivity contribution is 5.95. The Hall–Kier alpha value is -2.14. The lowest BCUT2D eigenvalue weighted by Crippen LogP contribution is -2.48. The molecule has 0 atom stereocenters. The minimum Gasteiger partial charge on any atom is -0.336 e. The number of hydrogen-bond acceptors (Lipinski definition) is 3. The highest BCUT2D eigenvalue weighted by Crippen LogP contribution is 2.15. The summed E-state index contributed by atoms with van der Waals surface area (Å²) in [6, 6.07) is 8.51. The first kappa shape index (κ1) is 15.7. The topological polar surface area (TPSA) is 41.4 Å². The summed E-state index contributed by atoms with van der Waals surface area (Å²) < 4.78 is 1.71. The summed E-state index contributed by atoms with van der Waals surface area (Å²) in [5.41, 5.74) is 4.23. The second kappa shape index (κ2) is 6.54. The van der Waals surface area contributed by atoms with Gasteiger partial charge < -0.3 is 4.90 Å². The van der Waals surface area contributed by atoms with Crippen LogP contribution in [0.2, 0.25) is 0 Å². The van der Waals surface area contributed by atoms with Gasteiger partial charge in [-0.05, 0) is 25.0 Å². The van der Waals surface area contributed by atoms with E-state index in [0.29, 0.717) is 0 Å². The van der Waals surface area contributed by atoms with E-state index in [1.165, 1.54) is 11.1 Å². The van der Waals surface area contributed by atoms with E-state index in [1.54, 1.807) is 4.68 Å². The molecule has 1 aliphatic heterocycles. The lowest BCUT2D eigenvalue weighted by Gasteiger charge is -2.35. The molecule has 0 bridgehead atoms. The van der Waals surface area contributed by atoms with Crippen LogP contribution in [0.4, 0.5) is 0 Å². The van der Waals surface area contributed by atoms with Crippen molar-refractivity contribution >= 4 is 5.91 Å². The molecule has 2 aromatic rings. The molecule has 23 heavy (non-hydrogen) atoms. The van der Waals surface area contributed by atoms with Crippen LogP contribution in [0.5, 0.6) is 0 Å². The fraction of sp³-hybridized carbons (Fsp3) is 0.444. The maximum atomic E-state index is 12.6. The normalized spacial score (nSPS) is 15.9. The molecule has 0 N–H and O–H groups in total. The predicted octanol–water partition coefficient (Wildman–Crippen LogP) is 1.99. The molecule has 5 heteroatoms. The zero-order valence-corrected chi connectivity index (χ0v) is 14.1. The third-order valence-corrected chi connectivity index (χ3v) is 4.56. The maximum Gasteiger partial charge on any atom is 0.257 e. The Bertz CT molecular complexity index is 699. The number of hydrogen-bond donors (Lipinski definition) is 0. The van der Waals surface area contributed by atoms with Crippen LogP contribution in [0.25, 0.3) is 0 Å². The van der Waals surface area contributed by atoms with Gasteiger partial charge in [-0.15, -0.1) is 0 Å². The molecule has 0 saturated carbocycles. The lowest BCUT2D eigenvalue weighted by molar-refractivity contribution is 0.0627. The summed E-state index contributed by atoms with van der Waals surface area (Å²) in [4.78, 5) is 17.0. The Kier molecular flexibility index (Phi) is 4.48. The average molecular weight is 312 g/mol. The van der Waals surface area contributed by atoms with Crippen molar-refractivity contribution < 1.29 is 4.79 Å². The van der Waals surface area contributed by atoms with Gasteiger partial charge >= 0.3 is 0 Å². The molecule has 2 heterocycles. The van der Waals surface area contributed by atoms with Gasteiger partial charge in [0.2, 0.25) is 0 Å². The van der Waals surface area contributed by atoms with Gasteiger partial charge in [-0.2, -0.15) is 5.10 Å². The van der Waals surface area contributed by atoms with Crippen molar-refractivity contribution in [2.75, 3.05) is 26.2 Å². The summed E-state index contributed by atoms with van der Waals surface area (Å²) >= 11 is 0. The monoisotopic (exact) mass is 312 g/mol. The third kappa shape index (κ3) is 3.45. The van der Waals surface area contributed by atoms with E-state index in [1.807, 2.05) is 25.1 Å². The van der Waals surface area contributed by atoms with E-state index < -0.39 is 0 Å². The van der Waals surface area contributed by atoms with Crippen LogP contribution in [0.15, 0.2) is 30.5 Å². The number of nitrogens with zero attached hydrogens (tertiary/aromatic N) is 4. The van der Waals surface area contributed by atoms with Crippen molar-refractivity contribution in [2.24, 2.45) is 7.05 Å². The Balaban J connectivity index is 1.59. The van der Waals surface area contributed by atoms with Gasteiger partial charge in [0.15, 0.2) is 0 Å². The predicted molar refractivity (Wildman–Crippen MR) is 90.3 cm³/mol. The van der Waals surface area contributed by atoms with Crippen LogP contribution in [0.3, 0.4) is 0 Å². The summed E-state index contributed by atoms with van der Waals surface area (Å²) in [5.74, 6) is 0.103. The zero-order chi connectivity index (χ0) is 16.4. The molecule has 1 saturated heterocycles. The van der Waals surface area contributed by atoms with E-state index in [9.17, 15) is 4.79 Å². The zero-order valence-electron chi connectivity index (χ0n) is 14.1. The number of carbonyl (C=O) groups is 1. The number of amides is 1. The number of piperazine rings is 1. The maximum absolute atomic E-state index is 12.6. The van der Waals surface area contributed by atoms with Gasteiger partial charge in [-0.1, -0.05) is 24.3 Å². The molecular formula is C18H24N4O. The Morgan fingerprint density at radius 2 is 1.83 bits per heavy atom. The summed E-state index contributed by atoms with van der Waals surface area (Å²) in [7, 11) is 1.85. The van der Waals surface area contributed by atoms with E-state index >= 15 is 0 Å². The SMILES string of the molecule is Cc1ccccc1CN1CCN(C(=O)c2cn(C)nc2C)CC1. The largest absolute Gasteiger partial charge is 0.336 e. The first-order valence-electron chi connectivity index (χ1n) is 8.11. The van der Waals surface area contributed by atoms with Crippen LogP contribution in [0.1, 0.15) is 27.2 Å². The van der Waals surface area contributed by atoms with Crippen molar-refractivity contribution in [3.05, 3.63) is 52.8 Å². The highest BCUT2D eigenvalue weighted by Gasteiger charge is 2.24. The lowest BCUT2D eigenvalue weighted by atomic mass is 10.1. The third-order valence-electron chi connectivity index (χ3n) is 4.56. The van der Waals surface area contributed by atoms with E-state index in [2.05, 4.69) is 41.2 Å². The smallest absolute Gasteiger partial charge is 0.257 e. The van der Waals surface area contributed by atoms with Crippen LogP contribution < -0.4 is 0 Å². The van der Waals surface area contributed by atoms with Crippen molar-refractivity contribution in [3.8, 4) is 0 Å². The molecule has 0 unspecified atom stereocenters. The highest BCUT2D eigenvalue weighted by atomic mass is 16.2. The van der Waals surface area contributed by atoms with Gasteiger partial charge in [0.1, 0.15) is 0 Å². The number of aryl methyl sites for hydroxylation is 3. The summed E-state index contributed by atoms with van der Waals surface area (Å²) in [5, 5.41) is 4.27. The number of rotatable bonds is 3. The van der Waals surface area contributed by atoms with E-state index in [-0.39, 0.29) is 5.91 Å². The molecule has 5 nitrogen and oxygen atoms in total. The van der Waals surface area contributed by atoms with Crippen LogP contribution in [-0.2, 0) is 13.6 Å². The Labute approximate surface area is 137 Å². The van der Waals surface area contributed by atoms with Gasteiger partial charge in [0, 0.05) is 46.0 Å². The molecule has 1 aliphatic rings. The molecule has 0 aliphatic carbocycles. The van der Waals surface area contributed by atoms with Gasteiger partial charge in [0.25, 0.3) is 5.91 Å². The minimum atomic E-state index is 0.103. The Morgan fingerprint density at radius 3 is 2.43 bits per heavy atom. The van der Waals surface area contributed by atoms with Crippen molar-refractivity contribution in [1.82, 2.24) is 19.6 Å². The Morgan fingerprint density at radius 1 is 1.13 bits per heavy atom. The number of carbonyl (C=O) groups excluding carboxylic acids is 1. The molecule has 0 spiro atoms. The van der Waals surface area contributed by atoms with Crippen LogP contribution in [0, 0.1) is 13.8 Å². The molecular weight excluding hydrogens is 288 g/mol. The van der Waals surface area contributed by atoms with Gasteiger partial charge in [-0.3, -0.25) is 14.4 Å². The quantitative estimate of drug-likeness (QED) is 0.870. The summed E-state index contributed by atoms with van der Waals surface area (Å²) in [6.07, 6.45) is 1.82. The fourth-order valence-electron chi connectivity index (χ4n) is 3.12. The summed E-state index contributed by atoms with van der Waals surface area (Å²) in [6.45, 7) is 8.39. The molecule has 1 aromatic carbocycles. The van der Waals surface area contributed by atoms with Crippen molar-refractivity contribution in [1.29, 1.82) is 0 Å². The van der Waals surface area contributed by atoms with Crippen molar-refractivity contribution in [2.45, 2.75) is 20.4 Å². The number of aromatic nitrogens is 2. The molecule has 1 amide bonds. The molecule has 0 radical (unpaired) electrons. The molecule has 3 rings (SSSR count). The van der Waals surface area contributed by atoms with E-state index in [0.717, 1.165) is 44.0 Å². The average Bonchev–Trinajstić information content (AvgIpc) is 2.88. The van der Waals surface area contributed by atoms with Gasteiger partial charge in [-0.25, -0.2) is 0 Å². The van der Waals surface area contributed by atoms with Crippen molar-refractivity contribution in [3.63, 3.8) is 0 Å². The van der Waals surface area contributed by atoms with E-state index in [4.69, 9.17) is 0 Å². The van der Waals surface area contributed by atoms with Crippen LogP contribution in [-0.4, -0.2) is 51.7 Å². The minimum absolute atomic E-state index is 0.103. The van der Waals surface area contributed by atoms with Crippen LogP contribution >= 0.6 is 0 Å². The first-order chi connectivity index (χ1) is 11.0. The second-order valence-electron chi connectivity index (χ2n) is 6.30. The molecule has 1 aromatic heterocycles. The fourth-order valence-corrected chi connectivity index (χ4v) is 3.12. The number of benzene rings is 1. The van der Waals surface area contributed by atoms with Gasteiger partial charge in [0.05, 0.1) is 11.3 Å². The first-order valence-corrected chi connectivity index (χ1v) is 8.11. The molecule has 122 valence electrons. The standard InChI is InChI=1S/C18H24N4O/c1-14-6-4-5-7-16(14)12-21-8-10-22(11-9-21)18(23)17-13-20(3)19-15(17)2/h4-7,13H,8-12H2,1-3H3.